The summed E-state index contributed by atoms with van der Waals surface area (Å²) in [5, 5.41) is 23.9. The van der Waals surface area contributed by atoms with Crippen molar-refractivity contribution in [1.82, 2.24) is 5.32 Å². The van der Waals surface area contributed by atoms with Gasteiger partial charge in [-0.05, 0) is 25.7 Å². The highest BCUT2D eigenvalue weighted by molar-refractivity contribution is 7.47. The number of phosphoric acid groups is 1. The first-order valence-corrected chi connectivity index (χ1v) is 20.4. The van der Waals surface area contributed by atoms with Gasteiger partial charge in [-0.15, -0.1) is 0 Å². The third-order valence-corrected chi connectivity index (χ3v) is 9.41. The molecule has 4 atom stereocenters. The van der Waals surface area contributed by atoms with Gasteiger partial charge in [-0.25, -0.2) is 4.57 Å². The van der Waals surface area contributed by atoms with E-state index in [0.29, 0.717) is 12.8 Å². The number of amides is 1. The smallest absolute Gasteiger partial charge is 0.392 e. The first-order valence-electron chi connectivity index (χ1n) is 18.9. The zero-order valence-corrected chi connectivity index (χ0v) is 30.6. The number of aliphatic hydroxyl groups excluding tert-OH is 2. The van der Waals surface area contributed by atoms with Crippen molar-refractivity contribution >= 4 is 13.7 Å². The molecule has 0 aromatic carbocycles. The molecular formula is C36H73N2O7P. The molecule has 0 bridgehead atoms. The fourth-order valence-electron chi connectivity index (χ4n) is 5.53. The number of rotatable bonds is 35. The summed E-state index contributed by atoms with van der Waals surface area (Å²) in [6, 6.07) is -0.906. The number of hydrogen-bond acceptors (Lipinski definition) is 7. The summed E-state index contributed by atoms with van der Waals surface area (Å²) in [7, 11) is -4.37. The maximum absolute atomic E-state index is 12.7. The van der Waals surface area contributed by atoms with Gasteiger partial charge in [-0.1, -0.05) is 154 Å². The average Bonchev–Trinajstić information content (AvgIpc) is 3.03. The minimum Gasteiger partial charge on any atom is -0.392 e. The van der Waals surface area contributed by atoms with Gasteiger partial charge in [0.2, 0.25) is 5.91 Å². The van der Waals surface area contributed by atoms with Crippen LogP contribution in [0.3, 0.4) is 0 Å². The van der Waals surface area contributed by atoms with Crippen LogP contribution < -0.4 is 11.1 Å². The monoisotopic (exact) mass is 677 g/mol. The van der Waals surface area contributed by atoms with Gasteiger partial charge in [0.25, 0.3) is 0 Å². The number of nitrogens with one attached hydrogen (secondary N) is 1. The zero-order valence-electron chi connectivity index (χ0n) is 29.7. The van der Waals surface area contributed by atoms with Gasteiger partial charge < -0.3 is 26.2 Å². The number of carbonyl (C=O) groups is 1. The number of carbonyl (C=O) groups excluding carboxylic acids is 1. The molecule has 0 aliphatic rings. The lowest BCUT2D eigenvalue weighted by atomic mass is 10.0. The third-order valence-electron chi connectivity index (χ3n) is 8.42. The highest BCUT2D eigenvalue weighted by Crippen LogP contribution is 2.43. The highest BCUT2D eigenvalue weighted by atomic mass is 31.2. The minimum atomic E-state index is -4.37. The molecule has 0 rings (SSSR count). The maximum Gasteiger partial charge on any atom is 0.472 e. The second-order valence-corrected chi connectivity index (χ2v) is 14.4. The van der Waals surface area contributed by atoms with Gasteiger partial charge in [0.15, 0.2) is 0 Å². The molecule has 6 N–H and O–H groups in total. The van der Waals surface area contributed by atoms with E-state index >= 15 is 0 Å². The number of nitrogens with two attached hydrogens (primary N) is 1. The van der Waals surface area contributed by atoms with E-state index in [1.54, 1.807) is 0 Å². The van der Waals surface area contributed by atoms with E-state index in [9.17, 15) is 24.5 Å². The molecule has 4 unspecified atom stereocenters. The average molecular weight is 677 g/mol. The van der Waals surface area contributed by atoms with Crippen LogP contribution in [0.15, 0.2) is 12.2 Å². The molecule has 9 nitrogen and oxygen atoms in total. The van der Waals surface area contributed by atoms with Gasteiger partial charge in [-0.3, -0.25) is 13.8 Å². The second kappa shape index (κ2) is 32.7. The topological polar surface area (TPSA) is 151 Å². The Morgan fingerprint density at radius 3 is 1.72 bits per heavy atom. The molecule has 46 heavy (non-hydrogen) atoms. The van der Waals surface area contributed by atoms with Crippen molar-refractivity contribution in [3.05, 3.63) is 12.2 Å². The molecule has 0 aliphatic carbocycles. The highest BCUT2D eigenvalue weighted by Gasteiger charge is 2.28. The quantitative estimate of drug-likeness (QED) is 0.0254. The largest absolute Gasteiger partial charge is 0.472 e. The number of allylic oxidation sites excluding steroid dienone is 1. The molecule has 10 heteroatoms. The Labute approximate surface area is 282 Å². The van der Waals surface area contributed by atoms with E-state index in [0.717, 1.165) is 32.1 Å². The van der Waals surface area contributed by atoms with E-state index in [1.165, 1.54) is 109 Å². The normalized spacial score (nSPS) is 15.2. The molecule has 0 aliphatic heterocycles. The molecule has 1 amide bonds. The van der Waals surface area contributed by atoms with E-state index < -0.39 is 38.6 Å². The van der Waals surface area contributed by atoms with Crippen molar-refractivity contribution in [2.24, 2.45) is 5.73 Å². The summed E-state index contributed by atoms with van der Waals surface area (Å²) in [6.45, 7) is 3.96. The van der Waals surface area contributed by atoms with Gasteiger partial charge in [-0.2, -0.15) is 0 Å². The van der Waals surface area contributed by atoms with Crippen molar-refractivity contribution < 1.29 is 33.5 Å². The summed E-state index contributed by atoms with van der Waals surface area (Å²) in [5.74, 6) is -0.449. The molecule has 0 fully saturated rings. The third kappa shape index (κ3) is 30.5. The number of phosphoric ester groups is 1. The zero-order chi connectivity index (χ0) is 34.1. The van der Waals surface area contributed by atoms with Crippen LogP contribution in [0.25, 0.3) is 0 Å². The molecular weight excluding hydrogens is 603 g/mol. The molecule has 0 radical (unpaired) electrons. The second-order valence-electron chi connectivity index (χ2n) is 13.0. The van der Waals surface area contributed by atoms with Crippen LogP contribution in [-0.4, -0.2) is 59.0 Å². The summed E-state index contributed by atoms with van der Waals surface area (Å²) in [6.07, 6.45) is 30.0. The Hall–Kier alpha value is -0.800. The molecule has 0 saturated heterocycles. The van der Waals surface area contributed by atoms with Crippen LogP contribution >= 0.6 is 7.82 Å². The van der Waals surface area contributed by atoms with Crippen LogP contribution in [0.1, 0.15) is 174 Å². The lowest BCUT2D eigenvalue weighted by Gasteiger charge is -2.25. The minimum absolute atomic E-state index is 0.0566. The van der Waals surface area contributed by atoms with E-state index in [4.69, 9.17) is 14.8 Å². The van der Waals surface area contributed by atoms with Gasteiger partial charge in [0, 0.05) is 6.54 Å². The molecule has 0 aromatic heterocycles. The molecule has 0 aromatic rings. The lowest BCUT2D eigenvalue weighted by Crippen LogP contribution is -2.47. The fraction of sp³-hybridized carbons (Fsp3) is 0.917. The SMILES string of the molecule is CCCCCC/C=C\CC(O)CC(=O)NC(COP(=O)(O)OCCN)C(O)CCCCCCCCCCCCCCCCCCC. The number of hydrogen-bond donors (Lipinski definition) is 5. The van der Waals surface area contributed by atoms with Crippen molar-refractivity contribution in [2.75, 3.05) is 19.8 Å². The van der Waals surface area contributed by atoms with E-state index in [2.05, 4.69) is 19.2 Å². The summed E-state index contributed by atoms with van der Waals surface area (Å²) >= 11 is 0. The van der Waals surface area contributed by atoms with E-state index in [1.807, 2.05) is 12.2 Å². The van der Waals surface area contributed by atoms with Gasteiger partial charge in [0.1, 0.15) is 0 Å². The lowest BCUT2D eigenvalue weighted by molar-refractivity contribution is -0.125. The van der Waals surface area contributed by atoms with Gasteiger partial charge >= 0.3 is 7.82 Å². The van der Waals surface area contributed by atoms with Crippen molar-refractivity contribution in [3.63, 3.8) is 0 Å². The Morgan fingerprint density at radius 1 is 0.739 bits per heavy atom. The van der Waals surface area contributed by atoms with Crippen LogP contribution in [0.5, 0.6) is 0 Å². The maximum atomic E-state index is 12.7. The van der Waals surface area contributed by atoms with Crippen LogP contribution in [0, 0.1) is 0 Å². The number of aliphatic hydroxyl groups is 2. The molecule has 0 heterocycles. The fourth-order valence-corrected chi connectivity index (χ4v) is 6.29. The molecule has 274 valence electrons. The van der Waals surface area contributed by atoms with Crippen LogP contribution in [-0.2, 0) is 18.4 Å². The molecule has 0 spiro atoms. The molecule has 0 saturated carbocycles. The predicted octanol–water partition coefficient (Wildman–Crippen LogP) is 8.63. The first-order chi connectivity index (χ1) is 22.3. The predicted molar refractivity (Wildman–Crippen MR) is 191 cm³/mol. The standard InChI is InChI=1S/C36H73N2O7P/c1-3-5-7-9-11-12-13-14-15-16-17-18-19-20-22-24-26-28-35(40)34(32-45-46(42,43)44-30-29-37)38-36(41)31-33(39)27-25-23-21-10-8-6-4-2/h23,25,33-35,39-40H,3-22,24,26-32,37H2,1-2H3,(H,38,41)(H,42,43)/b25-23-. The van der Waals surface area contributed by atoms with Crippen LogP contribution in [0.2, 0.25) is 0 Å². The van der Waals surface area contributed by atoms with Crippen LogP contribution in [0.4, 0.5) is 0 Å². The Kier molecular flexibility index (Phi) is 32.2. The van der Waals surface area contributed by atoms with Crippen molar-refractivity contribution in [3.8, 4) is 0 Å². The van der Waals surface area contributed by atoms with Gasteiger partial charge in [0.05, 0.1) is 37.9 Å². The number of unbranched alkanes of at least 4 members (excludes halogenated alkanes) is 20. The Balaban J connectivity index is 4.32. The Bertz CT molecular complexity index is 756. The van der Waals surface area contributed by atoms with Crippen molar-refractivity contribution in [2.45, 2.75) is 193 Å². The Morgan fingerprint density at radius 2 is 1.22 bits per heavy atom. The summed E-state index contributed by atoms with van der Waals surface area (Å²) in [5.41, 5.74) is 5.34. The summed E-state index contributed by atoms with van der Waals surface area (Å²) in [4.78, 5) is 22.6. The van der Waals surface area contributed by atoms with E-state index in [-0.39, 0.29) is 19.6 Å². The van der Waals surface area contributed by atoms with Crippen molar-refractivity contribution in [1.29, 1.82) is 0 Å². The first kappa shape index (κ1) is 45.2. The summed E-state index contributed by atoms with van der Waals surface area (Å²) < 4.78 is 22.0.